The number of benzene rings is 1. The average molecular weight is 288 g/mol. The number of imidazole rings is 1. The number of nitrogens with one attached hydrogen (secondary N) is 1. The number of aromatic nitrogens is 2. The van der Waals surface area contributed by atoms with Crippen LogP contribution in [-0.2, 0) is 7.05 Å². The predicted octanol–water partition coefficient (Wildman–Crippen LogP) is 3.20. The van der Waals surface area contributed by atoms with E-state index in [0.29, 0.717) is 5.95 Å². The lowest BCUT2D eigenvalue weighted by Gasteiger charge is -2.07. The highest BCUT2D eigenvalue weighted by molar-refractivity contribution is 9.10. The van der Waals surface area contributed by atoms with Gasteiger partial charge in [-0.05, 0) is 22.0 Å². The number of hydrogen-bond acceptors (Lipinski definition) is 2. The summed E-state index contributed by atoms with van der Waals surface area (Å²) in [5, 5.41) is 2.70. The van der Waals surface area contributed by atoms with Gasteiger partial charge in [-0.3, -0.25) is 0 Å². The van der Waals surface area contributed by atoms with Crippen molar-refractivity contribution in [1.82, 2.24) is 9.55 Å². The summed E-state index contributed by atoms with van der Waals surface area (Å²) in [4.78, 5) is 3.96. The minimum absolute atomic E-state index is 0.0509. The Kier molecular flexibility index (Phi) is 2.91. The monoisotopic (exact) mass is 287 g/mol. The van der Waals surface area contributed by atoms with Crippen LogP contribution in [0.25, 0.3) is 0 Å². The maximum absolute atomic E-state index is 13.5. The molecule has 3 nitrogen and oxygen atoms in total. The Morgan fingerprint density at radius 2 is 2.06 bits per heavy atom. The highest BCUT2D eigenvalue weighted by Gasteiger charge is 2.09. The molecular weight excluding hydrogens is 280 g/mol. The molecule has 1 aromatic heterocycles. The van der Waals surface area contributed by atoms with Crippen molar-refractivity contribution in [2.75, 3.05) is 5.32 Å². The zero-order valence-electron chi connectivity index (χ0n) is 8.34. The maximum atomic E-state index is 13.5. The Bertz CT molecular complexity index is 525. The Morgan fingerprint density at radius 1 is 1.31 bits per heavy atom. The second-order valence-corrected chi connectivity index (χ2v) is 4.09. The van der Waals surface area contributed by atoms with Crippen molar-refractivity contribution in [3.05, 3.63) is 40.6 Å². The Hall–Kier alpha value is -1.43. The quantitative estimate of drug-likeness (QED) is 0.860. The molecule has 0 unspecified atom stereocenters. The summed E-state index contributed by atoms with van der Waals surface area (Å²) in [5.41, 5.74) is 0.0509. The summed E-state index contributed by atoms with van der Waals surface area (Å²) >= 11 is 2.91. The minimum atomic E-state index is -0.545. The third-order valence-electron chi connectivity index (χ3n) is 2.08. The average Bonchev–Trinajstić information content (AvgIpc) is 2.61. The van der Waals surface area contributed by atoms with E-state index in [9.17, 15) is 8.78 Å². The summed E-state index contributed by atoms with van der Waals surface area (Å²) in [7, 11) is 1.75. The van der Waals surface area contributed by atoms with Gasteiger partial charge in [-0.1, -0.05) is 0 Å². The first-order chi connectivity index (χ1) is 7.58. The molecule has 0 aliphatic heterocycles. The fourth-order valence-electron chi connectivity index (χ4n) is 1.22. The van der Waals surface area contributed by atoms with Crippen LogP contribution in [0.2, 0.25) is 0 Å². The SMILES string of the molecule is Cn1ccnc1Nc1cc(F)c(Br)cc1F. The van der Waals surface area contributed by atoms with Gasteiger partial charge in [0.1, 0.15) is 11.6 Å². The molecule has 0 aliphatic rings. The molecular formula is C10H8BrF2N3. The van der Waals surface area contributed by atoms with E-state index in [1.54, 1.807) is 24.0 Å². The fourth-order valence-corrected chi connectivity index (χ4v) is 1.54. The molecule has 0 saturated heterocycles. The molecule has 0 aliphatic carbocycles. The molecule has 16 heavy (non-hydrogen) atoms. The first-order valence-electron chi connectivity index (χ1n) is 4.47. The molecule has 2 rings (SSSR count). The first-order valence-corrected chi connectivity index (χ1v) is 5.26. The van der Waals surface area contributed by atoms with Crippen LogP contribution in [0.3, 0.4) is 0 Å². The van der Waals surface area contributed by atoms with Crippen LogP contribution in [0.1, 0.15) is 0 Å². The third-order valence-corrected chi connectivity index (χ3v) is 2.69. The summed E-state index contributed by atoms with van der Waals surface area (Å²) < 4.78 is 28.4. The zero-order chi connectivity index (χ0) is 11.7. The molecule has 0 spiro atoms. The van der Waals surface area contributed by atoms with Crippen LogP contribution in [0.4, 0.5) is 20.4 Å². The van der Waals surface area contributed by atoms with Gasteiger partial charge >= 0.3 is 0 Å². The number of anilines is 2. The van der Waals surface area contributed by atoms with E-state index < -0.39 is 11.6 Å². The molecule has 1 N–H and O–H groups in total. The molecule has 0 radical (unpaired) electrons. The molecule has 0 amide bonds. The van der Waals surface area contributed by atoms with Gasteiger partial charge in [0, 0.05) is 25.5 Å². The van der Waals surface area contributed by atoms with E-state index in [0.717, 1.165) is 12.1 Å². The summed E-state index contributed by atoms with van der Waals surface area (Å²) in [6.07, 6.45) is 3.27. The molecule has 1 aromatic carbocycles. The minimum Gasteiger partial charge on any atom is -0.323 e. The number of nitrogens with zero attached hydrogens (tertiary/aromatic N) is 2. The van der Waals surface area contributed by atoms with Crippen molar-refractivity contribution in [3.8, 4) is 0 Å². The third kappa shape index (κ3) is 2.06. The standard InChI is InChI=1S/C10H8BrF2N3/c1-16-3-2-14-10(16)15-9-5-7(12)6(11)4-8(9)13/h2-5H,1H3,(H,14,15). The normalized spacial score (nSPS) is 10.5. The first kappa shape index (κ1) is 11.1. The van der Waals surface area contributed by atoms with E-state index in [-0.39, 0.29) is 10.2 Å². The van der Waals surface area contributed by atoms with Crippen molar-refractivity contribution in [3.63, 3.8) is 0 Å². The lowest BCUT2D eigenvalue weighted by Crippen LogP contribution is -2.01. The van der Waals surface area contributed by atoms with E-state index >= 15 is 0 Å². The van der Waals surface area contributed by atoms with Crippen molar-refractivity contribution in [2.24, 2.45) is 7.05 Å². The van der Waals surface area contributed by atoms with Crippen LogP contribution in [0, 0.1) is 11.6 Å². The largest absolute Gasteiger partial charge is 0.323 e. The highest BCUT2D eigenvalue weighted by atomic mass is 79.9. The zero-order valence-corrected chi connectivity index (χ0v) is 9.92. The summed E-state index contributed by atoms with van der Waals surface area (Å²) in [6, 6.07) is 2.15. The Labute approximate surface area is 99.2 Å². The van der Waals surface area contributed by atoms with Crippen LogP contribution in [0.5, 0.6) is 0 Å². The van der Waals surface area contributed by atoms with Gasteiger partial charge in [0.25, 0.3) is 0 Å². The summed E-state index contributed by atoms with van der Waals surface area (Å²) in [6.45, 7) is 0. The molecule has 0 fully saturated rings. The topological polar surface area (TPSA) is 29.9 Å². The number of hydrogen-bond donors (Lipinski definition) is 1. The second-order valence-electron chi connectivity index (χ2n) is 3.23. The molecule has 2 aromatic rings. The highest BCUT2D eigenvalue weighted by Crippen LogP contribution is 2.25. The smallest absolute Gasteiger partial charge is 0.207 e. The molecule has 1 heterocycles. The predicted molar refractivity (Wildman–Crippen MR) is 60.5 cm³/mol. The van der Waals surface area contributed by atoms with E-state index in [1.165, 1.54) is 0 Å². The van der Waals surface area contributed by atoms with Gasteiger partial charge < -0.3 is 9.88 Å². The van der Waals surface area contributed by atoms with Gasteiger partial charge in [-0.25, -0.2) is 13.8 Å². The van der Waals surface area contributed by atoms with Gasteiger partial charge in [0.05, 0.1) is 10.2 Å². The van der Waals surface area contributed by atoms with Crippen molar-refractivity contribution < 1.29 is 8.78 Å². The van der Waals surface area contributed by atoms with E-state index in [4.69, 9.17) is 0 Å². The van der Waals surface area contributed by atoms with Crippen LogP contribution < -0.4 is 5.32 Å². The van der Waals surface area contributed by atoms with Gasteiger partial charge in [-0.2, -0.15) is 0 Å². The lowest BCUT2D eigenvalue weighted by molar-refractivity contribution is 0.597. The number of rotatable bonds is 2. The van der Waals surface area contributed by atoms with Crippen LogP contribution >= 0.6 is 15.9 Å². The summed E-state index contributed by atoms with van der Waals surface area (Å²) in [5.74, 6) is -0.630. The molecule has 0 atom stereocenters. The van der Waals surface area contributed by atoms with Gasteiger partial charge in [0.15, 0.2) is 0 Å². The maximum Gasteiger partial charge on any atom is 0.207 e. The second kappa shape index (κ2) is 4.21. The van der Waals surface area contributed by atoms with E-state index in [2.05, 4.69) is 26.2 Å². The van der Waals surface area contributed by atoms with Crippen molar-refractivity contribution in [2.45, 2.75) is 0 Å². The molecule has 0 bridgehead atoms. The lowest BCUT2D eigenvalue weighted by atomic mass is 10.3. The Balaban J connectivity index is 2.35. The number of aryl methyl sites for hydroxylation is 1. The van der Waals surface area contributed by atoms with Gasteiger partial charge in [-0.15, -0.1) is 0 Å². The molecule has 6 heteroatoms. The fraction of sp³-hybridized carbons (Fsp3) is 0.100. The van der Waals surface area contributed by atoms with E-state index in [1.807, 2.05) is 0 Å². The van der Waals surface area contributed by atoms with Crippen molar-refractivity contribution >= 4 is 27.6 Å². The van der Waals surface area contributed by atoms with Crippen LogP contribution in [0.15, 0.2) is 29.0 Å². The molecule has 84 valence electrons. The Morgan fingerprint density at radius 3 is 2.69 bits per heavy atom. The van der Waals surface area contributed by atoms with Crippen LogP contribution in [-0.4, -0.2) is 9.55 Å². The van der Waals surface area contributed by atoms with Gasteiger partial charge in [0.2, 0.25) is 5.95 Å². The van der Waals surface area contributed by atoms with Crippen molar-refractivity contribution in [1.29, 1.82) is 0 Å². The number of halogens is 3. The molecule has 0 saturated carbocycles.